The van der Waals surface area contributed by atoms with Crippen LogP contribution < -0.4 is 58.9 Å². The number of carbonyl (C=O) groups is 15. The van der Waals surface area contributed by atoms with E-state index in [1.54, 1.807) is 34.0 Å². The molecule has 1 aromatic carbocycles. The van der Waals surface area contributed by atoms with Crippen molar-refractivity contribution in [3.63, 3.8) is 0 Å². The molecule has 1 heterocycles. The van der Waals surface area contributed by atoms with Crippen molar-refractivity contribution in [1.29, 1.82) is 0 Å². The number of nitrogens with one attached hydrogen (secondary N) is 10. The van der Waals surface area contributed by atoms with Gasteiger partial charge in [-0.05, 0) is 80.1 Å². The number of hydrogen-bond donors (Lipinski definition) is 16. The summed E-state index contributed by atoms with van der Waals surface area (Å²) < 4.78 is 0. The number of primary amides is 1. The maximum Gasteiger partial charge on any atom is 0.303 e. The molecule has 1 aliphatic heterocycles. The molecule has 33 heteroatoms. The second kappa shape index (κ2) is 37.8. The predicted octanol–water partition coefficient (Wildman–Crippen LogP) is -5.17. The molecule has 0 radical (unpaired) electrons. The molecule has 1 aromatic rings. The number of Topliss-reactive ketones (excluding diaryl/α,β-unsaturated/α-hetero) is 1. The van der Waals surface area contributed by atoms with Crippen LogP contribution in [0, 0.1) is 11.8 Å². The number of thioether (sulfide) groups is 1. The topological polar surface area (TPSA) is 507 Å². The van der Waals surface area contributed by atoms with Crippen LogP contribution in [-0.4, -0.2) is 218 Å². The molecule has 10 atom stereocenters. The molecule has 0 aromatic heterocycles. The van der Waals surface area contributed by atoms with Crippen LogP contribution in [0.2, 0.25) is 0 Å². The average molecular weight is 1260 g/mol. The van der Waals surface area contributed by atoms with E-state index in [1.165, 1.54) is 47.0 Å². The average Bonchev–Trinajstić information content (AvgIpc) is 3.98. The van der Waals surface area contributed by atoms with Crippen LogP contribution in [0.1, 0.15) is 91.5 Å². The summed E-state index contributed by atoms with van der Waals surface area (Å²) in [6.45, 7) is 8.12. The fourth-order valence-corrected chi connectivity index (χ4v) is 9.21. The summed E-state index contributed by atoms with van der Waals surface area (Å²) >= 11 is 1.27. The third kappa shape index (κ3) is 25.3. The first-order valence-electron chi connectivity index (χ1n) is 28.0. The minimum atomic E-state index is -1.74. The molecule has 488 valence electrons. The highest BCUT2D eigenvalue weighted by Crippen LogP contribution is 2.22. The highest BCUT2D eigenvalue weighted by atomic mass is 32.2. The second-order valence-electron chi connectivity index (χ2n) is 21.2. The van der Waals surface area contributed by atoms with Gasteiger partial charge in [-0.1, -0.05) is 45.9 Å². The summed E-state index contributed by atoms with van der Waals surface area (Å²) in [7, 11) is 0. The van der Waals surface area contributed by atoms with Crippen molar-refractivity contribution >= 4 is 100 Å². The number of phenols is 1. The van der Waals surface area contributed by atoms with Crippen molar-refractivity contribution in [3.05, 3.63) is 42.5 Å². The molecular weight excluding hydrogens is 1180 g/mol. The lowest BCUT2D eigenvalue weighted by Crippen LogP contribution is -2.61. The molecule has 2 unspecified atom stereocenters. The minimum Gasteiger partial charge on any atom is -0.508 e. The lowest BCUT2D eigenvalue weighted by Gasteiger charge is -2.33. The number of aliphatic carboxylic acids is 2. The van der Waals surface area contributed by atoms with Gasteiger partial charge in [0.2, 0.25) is 70.8 Å². The Labute approximate surface area is 511 Å². The van der Waals surface area contributed by atoms with E-state index in [2.05, 4.69) is 59.7 Å². The smallest absolute Gasteiger partial charge is 0.303 e. The number of nitrogens with zero attached hydrogens (tertiary/aromatic N) is 1. The van der Waals surface area contributed by atoms with Crippen molar-refractivity contribution in [2.75, 3.05) is 38.3 Å². The Bertz CT molecular complexity index is 2700. The van der Waals surface area contributed by atoms with E-state index in [-0.39, 0.29) is 56.6 Å². The molecule has 1 saturated heterocycles. The first kappa shape index (κ1) is 75.4. The van der Waals surface area contributed by atoms with E-state index in [0.29, 0.717) is 5.56 Å². The van der Waals surface area contributed by atoms with Gasteiger partial charge in [0.1, 0.15) is 66.2 Å². The molecule has 1 fully saturated rings. The highest BCUT2D eigenvalue weighted by Gasteiger charge is 2.42. The van der Waals surface area contributed by atoms with E-state index >= 15 is 0 Å². The molecule has 17 N–H and O–H groups in total. The first-order chi connectivity index (χ1) is 41.4. The van der Waals surface area contributed by atoms with Crippen LogP contribution in [0.3, 0.4) is 0 Å². The molecule has 32 nitrogen and oxygen atoms in total. The Morgan fingerprint density at radius 3 is 1.64 bits per heavy atom. The monoisotopic (exact) mass is 1260 g/mol. The summed E-state index contributed by atoms with van der Waals surface area (Å²) in [5.74, 6) is -16.8. The number of aliphatic hydroxyl groups excluding tert-OH is 2. The fraction of sp³-hybridized carbons (Fsp3) is 0.582. The van der Waals surface area contributed by atoms with Crippen LogP contribution in [0.25, 0.3) is 0 Å². The number of nitrogens with two attached hydrogens (primary N) is 1. The van der Waals surface area contributed by atoms with E-state index in [0.717, 1.165) is 6.92 Å². The molecule has 12 amide bonds. The van der Waals surface area contributed by atoms with Gasteiger partial charge in [0.25, 0.3) is 5.91 Å². The summed E-state index contributed by atoms with van der Waals surface area (Å²) in [6, 6.07) is -9.33. The number of rotatable bonds is 39. The predicted molar refractivity (Wildman–Crippen MR) is 312 cm³/mol. The summed E-state index contributed by atoms with van der Waals surface area (Å²) in [5, 5.41) is 71.5. The van der Waals surface area contributed by atoms with Gasteiger partial charge in [-0.3, -0.25) is 71.9 Å². The lowest BCUT2D eigenvalue weighted by molar-refractivity contribution is -0.144. The standard InChI is InChI=1S/C55H82N12O20S/c1-8-10-32(45(77)54(86)57-24-40(72)59-35(20-22-88-7)48(80)64-38(26-69)51(83)62-36(23-30-12-14-31(71)15-13-30)50(82)63-37(25-68)46(56)78)60-52(84)39-11-9-21-67(39)55(87)44(28(4)5)66-53(85)43(27(2)3)65-49(81)34(17-19-42(75)76)61-47(79)33(58-29(6)70)16-18-41(73)74/h8,12-15,27-28,32-39,43-44,68-69,71H,1,9-11,16-26H2,2-7H3,(H2,56,78)(H,57,86)(H,58,70)(H,59,72)(H,60,84)(H,61,79)(H,62,83)(H,63,82)(H,64,80)(H,65,81)(H,66,85)(H,73,74)(H,75,76)/t32?,33-,34-,35-,36-,37-,38-,39?,43-,44-/m0/s1. The molecule has 2 rings (SSSR count). The van der Waals surface area contributed by atoms with Gasteiger partial charge in [-0.2, -0.15) is 11.8 Å². The normalized spacial score (nSPS) is 15.8. The Balaban J connectivity index is 2.21. The zero-order valence-electron chi connectivity index (χ0n) is 49.7. The highest BCUT2D eigenvalue weighted by molar-refractivity contribution is 7.98. The van der Waals surface area contributed by atoms with Crippen molar-refractivity contribution < 1.29 is 97.5 Å². The third-order valence-electron chi connectivity index (χ3n) is 13.5. The van der Waals surface area contributed by atoms with Crippen molar-refractivity contribution in [3.8, 4) is 5.75 Å². The van der Waals surface area contributed by atoms with Crippen LogP contribution in [0.15, 0.2) is 36.9 Å². The number of hydrogen-bond acceptors (Lipinski definition) is 19. The van der Waals surface area contributed by atoms with E-state index in [9.17, 15) is 92.3 Å². The second-order valence-corrected chi connectivity index (χ2v) is 22.2. The number of ketones is 1. The quantitative estimate of drug-likeness (QED) is 0.0216. The molecule has 0 aliphatic carbocycles. The maximum absolute atomic E-state index is 14.3. The van der Waals surface area contributed by atoms with Gasteiger partial charge in [-0.15, -0.1) is 6.58 Å². The van der Waals surface area contributed by atoms with Gasteiger partial charge in [-0.25, -0.2) is 0 Å². The van der Waals surface area contributed by atoms with Crippen molar-refractivity contribution in [2.24, 2.45) is 17.6 Å². The largest absolute Gasteiger partial charge is 0.508 e. The van der Waals surface area contributed by atoms with Crippen LogP contribution in [-0.2, 0) is 78.3 Å². The number of likely N-dealkylation sites (tertiary alicyclic amines) is 1. The summed E-state index contributed by atoms with van der Waals surface area (Å²) in [4.78, 5) is 197. The number of carbonyl (C=O) groups excluding carboxylic acids is 13. The van der Waals surface area contributed by atoms with E-state index < -0.39 is 200 Å². The Morgan fingerprint density at radius 2 is 1.12 bits per heavy atom. The maximum atomic E-state index is 14.3. The molecular formula is C55H82N12O20S. The van der Waals surface area contributed by atoms with Gasteiger partial charge in [0, 0.05) is 32.7 Å². The zero-order valence-corrected chi connectivity index (χ0v) is 50.5. The number of aromatic hydroxyl groups is 1. The van der Waals surface area contributed by atoms with Crippen molar-refractivity contribution in [1.82, 2.24) is 58.1 Å². The van der Waals surface area contributed by atoms with Crippen LogP contribution >= 0.6 is 11.8 Å². The van der Waals surface area contributed by atoms with Gasteiger partial charge in [0.05, 0.1) is 19.8 Å². The van der Waals surface area contributed by atoms with Crippen LogP contribution in [0.4, 0.5) is 0 Å². The Morgan fingerprint density at radius 1 is 0.636 bits per heavy atom. The third-order valence-corrected chi connectivity index (χ3v) is 14.2. The summed E-state index contributed by atoms with van der Waals surface area (Å²) in [5.41, 5.74) is 5.64. The Kier molecular flexibility index (Phi) is 32.3. The number of benzene rings is 1. The number of amides is 12. The number of phenolic OH excluding ortho intramolecular Hbond substituents is 1. The van der Waals surface area contributed by atoms with E-state index in [1.807, 2.05) is 0 Å². The molecule has 1 aliphatic rings. The molecule has 88 heavy (non-hydrogen) atoms. The lowest BCUT2D eigenvalue weighted by atomic mass is 9.98. The molecule has 0 saturated carbocycles. The molecule has 0 bridgehead atoms. The van der Waals surface area contributed by atoms with Gasteiger partial charge < -0.3 is 89.3 Å². The van der Waals surface area contributed by atoms with E-state index in [4.69, 9.17) is 10.8 Å². The minimum absolute atomic E-state index is 0.00413. The zero-order chi connectivity index (χ0) is 66.5. The Hall–Kier alpha value is -8.72. The number of carboxylic acids is 2. The number of carboxylic acid groups (broad SMARTS) is 2. The summed E-state index contributed by atoms with van der Waals surface area (Å²) in [6.07, 6.45) is 0.588. The molecule has 0 spiro atoms. The van der Waals surface area contributed by atoms with Gasteiger partial charge >= 0.3 is 11.9 Å². The first-order valence-corrected chi connectivity index (χ1v) is 29.4. The fourth-order valence-electron chi connectivity index (χ4n) is 8.73. The van der Waals surface area contributed by atoms with Crippen LogP contribution in [0.5, 0.6) is 5.75 Å². The van der Waals surface area contributed by atoms with Gasteiger partial charge in [0.15, 0.2) is 0 Å². The number of aliphatic hydroxyl groups is 2. The van der Waals surface area contributed by atoms with Crippen molar-refractivity contribution in [2.45, 2.75) is 153 Å². The SMILES string of the molecule is C=CCC(NC(=O)C1CCCN1C(=O)[C@@H](NC(=O)[C@@H](NC(=O)[C@H](CCC(=O)O)NC(=O)[C@H](CCC(=O)O)NC(C)=O)C(C)C)C(C)C)C(=O)C(=O)NCC(=O)N[C@@H](CCSC)C(=O)N[C@@H](CO)C(=O)N[C@@H](Cc1ccc(O)cc1)C(=O)N[C@@H](CO)C(N)=O.